The molecule has 3 N–H and O–H groups in total. The van der Waals surface area contributed by atoms with Crippen molar-refractivity contribution in [1.82, 2.24) is 9.97 Å². The molecule has 4 rings (SSSR count). The van der Waals surface area contributed by atoms with Gasteiger partial charge in [0.25, 0.3) is 0 Å². The van der Waals surface area contributed by atoms with Crippen molar-refractivity contribution in [3.8, 4) is 0 Å². The van der Waals surface area contributed by atoms with E-state index >= 15 is 0 Å². The molecule has 9 heteroatoms. The summed E-state index contributed by atoms with van der Waals surface area (Å²) in [6, 6.07) is 12.8. The number of fused-ring (bicyclic) bond motifs is 1. The second-order valence-electron chi connectivity index (χ2n) is 9.53. The van der Waals surface area contributed by atoms with Crippen molar-refractivity contribution in [3.63, 3.8) is 0 Å². The molecular formula is C27H30N4O5. The summed E-state index contributed by atoms with van der Waals surface area (Å²) in [5.41, 5.74) is 2.00. The standard InChI is InChI=1S/C27H30N4O5/c1-6-35-23(32)19-15-29-25(30-17-11-12-18-21(13-17)27(4,5)36-24(18)33)31-22(19)28-14-16-9-7-8-10-20(16)26(2,3)34/h7-13,15,34H,6,14H2,1-5H3,(H2,28,29,30,31). The van der Waals surface area contributed by atoms with Crippen LogP contribution in [0.3, 0.4) is 0 Å². The number of hydrogen-bond acceptors (Lipinski definition) is 9. The van der Waals surface area contributed by atoms with E-state index in [-0.39, 0.29) is 29.9 Å². The third-order valence-electron chi connectivity index (χ3n) is 5.90. The van der Waals surface area contributed by atoms with Crippen molar-refractivity contribution in [2.24, 2.45) is 0 Å². The molecule has 0 radical (unpaired) electrons. The minimum Gasteiger partial charge on any atom is -0.462 e. The maximum Gasteiger partial charge on any atom is 0.343 e. The van der Waals surface area contributed by atoms with E-state index < -0.39 is 17.2 Å². The Balaban J connectivity index is 1.63. The van der Waals surface area contributed by atoms with Gasteiger partial charge in [-0.2, -0.15) is 4.98 Å². The van der Waals surface area contributed by atoms with Gasteiger partial charge in [0.05, 0.1) is 17.8 Å². The molecule has 0 saturated carbocycles. The van der Waals surface area contributed by atoms with Gasteiger partial charge in [0.1, 0.15) is 17.0 Å². The van der Waals surface area contributed by atoms with Crippen LogP contribution in [0.1, 0.15) is 72.0 Å². The minimum absolute atomic E-state index is 0.192. The largest absolute Gasteiger partial charge is 0.462 e. The number of anilines is 3. The molecule has 2 aromatic carbocycles. The van der Waals surface area contributed by atoms with Crippen LogP contribution in [0.25, 0.3) is 0 Å². The van der Waals surface area contributed by atoms with E-state index in [1.807, 2.05) is 44.2 Å². The van der Waals surface area contributed by atoms with Crippen LogP contribution in [0.4, 0.5) is 17.5 Å². The number of hydrogen-bond donors (Lipinski definition) is 3. The SMILES string of the molecule is CCOC(=O)c1cnc(Nc2ccc3c(c2)C(C)(C)OC3=O)nc1NCc1ccccc1C(C)(C)O. The van der Waals surface area contributed by atoms with E-state index in [4.69, 9.17) is 9.47 Å². The molecule has 0 saturated heterocycles. The lowest BCUT2D eigenvalue weighted by Crippen LogP contribution is -2.20. The summed E-state index contributed by atoms with van der Waals surface area (Å²) >= 11 is 0. The Labute approximate surface area is 209 Å². The molecule has 9 nitrogen and oxygen atoms in total. The van der Waals surface area contributed by atoms with E-state index in [0.717, 1.165) is 16.7 Å². The summed E-state index contributed by atoms with van der Waals surface area (Å²) in [4.78, 5) is 33.5. The number of cyclic esters (lactones) is 1. The van der Waals surface area contributed by atoms with Gasteiger partial charge in [-0.1, -0.05) is 24.3 Å². The van der Waals surface area contributed by atoms with Crippen molar-refractivity contribution in [1.29, 1.82) is 0 Å². The van der Waals surface area contributed by atoms with Gasteiger partial charge in [0, 0.05) is 24.0 Å². The van der Waals surface area contributed by atoms with Gasteiger partial charge >= 0.3 is 11.9 Å². The van der Waals surface area contributed by atoms with Crippen LogP contribution < -0.4 is 10.6 Å². The van der Waals surface area contributed by atoms with E-state index in [1.54, 1.807) is 32.9 Å². The second kappa shape index (κ2) is 9.58. The zero-order valence-electron chi connectivity index (χ0n) is 21.0. The Morgan fingerprint density at radius 1 is 1.19 bits per heavy atom. The van der Waals surface area contributed by atoms with Crippen molar-refractivity contribution < 1.29 is 24.2 Å². The Hall–Kier alpha value is -3.98. The van der Waals surface area contributed by atoms with E-state index in [9.17, 15) is 14.7 Å². The van der Waals surface area contributed by atoms with Crippen LogP contribution in [-0.4, -0.2) is 33.6 Å². The molecule has 2 heterocycles. The highest BCUT2D eigenvalue weighted by Gasteiger charge is 2.37. The van der Waals surface area contributed by atoms with Crippen LogP contribution >= 0.6 is 0 Å². The summed E-state index contributed by atoms with van der Waals surface area (Å²) in [7, 11) is 0. The van der Waals surface area contributed by atoms with Crippen LogP contribution in [0.5, 0.6) is 0 Å². The highest BCUT2D eigenvalue weighted by Crippen LogP contribution is 2.37. The Morgan fingerprint density at radius 2 is 1.94 bits per heavy atom. The van der Waals surface area contributed by atoms with Gasteiger partial charge in [0.15, 0.2) is 0 Å². The number of aromatic nitrogens is 2. The Bertz CT molecular complexity index is 1310. The Kier molecular flexibility index (Phi) is 6.69. The third-order valence-corrected chi connectivity index (χ3v) is 5.90. The van der Waals surface area contributed by atoms with Crippen molar-refractivity contribution in [3.05, 3.63) is 76.5 Å². The smallest absolute Gasteiger partial charge is 0.343 e. The minimum atomic E-state index is -1.03. The number of nitrogens with zero attached hydrogens (tertiary/aromatic N) is 2. The van der Waals surface area contributed by atoms with Crippen LogP contribution in [-0.2, 0) is 27.2 Å². The number of aliphatic hydroxyl groups is 1. The molecule has 3 aromatic rings. The quantitative estimate of drug-likeness (QED) is 0.387. The number of carbonyl (C=O) groups excluding carboxylic acids is 2. The highest BCUT2D eigenvalue weighted by molar-refractivity contribution is 5.96. The number of carbonyl (C=O) groups is 2. The Morgan fingerprint density at radius 3 is 2.67 bits per heavy atom. The number of rotatable bonds is 8. The average molecular weight is 491 g/mol. The summed E-state index contributed by atoms with van der Waals surface area (Å²) in [5.74, 6) is -0.354. The molecule has 0 aliphatic carbocycles. The number of esters is 2. The molecule has 1 aliphatic rings. The average Bonchev–Trinajstić information content (AvgIpc) is 3.05. The maximum absolute atomic E-state index is 12.6. The molecule has 1 aromatic heterocycles. The molecule has 0 fully saturated rings. The molecule has 0 spiro atoms. The number of ether oxygens (including phenoxy) is 2. The molecule has 0 atom stereocenters. The summed E-state index contributed by atoms with van der Waals surface area (Å²) < 4.78 is 10.6. The van der Waals surface area contributed by atoms with Crippen molar-refractivity contribution in [2.45, 2.75) is 52.4 Å². The number of benzene rings is 2. The van der Waals surface area contributed by atoms with Gasteiger partial charge in [0.2, 0.25) is 5.95 Å². The molecule has 0 unspecified atom stereocenters. The second-order valence-corrected chi connectivity index (χ2v) is 9.53. The first kappa shape index (κ1) is 25.1. The maximum atomic E-state index is 12.6. The van der Waals surface area contributed by atoms with E-state index in [1.165, 1.54) is 6.20 Å². The summed E-state index contributed by atoms with van der Waals surface area (Å²) in [6.07, 6.45) is 1.40. The van der Waals surface area contributed by atoms with Gasteiger partial charge in [-0.3, -0.25) is 0 Å². The van der Waals surface area contributed by atoms with Gasteiger partial charge in [-0.05, 0) is 63.9 Å². The van der Waals surface area contributed by atoms with Crippen LogP contribution in [0, 0.1) is 0 Å². The molecule has 0 bridgehead atoms. The summed E-state index contributed by atoms with van der Waals surface area (Å²) in [6.45, 7) is 9.36. The molecule has 0 amide bonds. The molecular weight excluding hydrogens is 460 g/mol. The van der Waals surface area contributed by atoms with Gasteiger partial charge < -0.3 is 25.2 Å². The predicted octanol–water partition coefficient (Wildman–Crippen LogP) is 4.64. The summed E-state index contributed by atoms with van der Waals surface area (Å²) in [5, 5.41) is 16.9. The van der Waals surface area contributed by atoms with Crippen molar-refractivity contribution in [2.75, 3.05) is 17.2 Å². The number of nitrogens with one attached hydrogen (secondary N) is 2. The molecule has 1 aliphatic heterocycles. The lowest BCUT2D eigenvalue weighted by atomic mass is 9.93. The monoisotopic (exact) mass is 490 g/mol. The zero-order valence-corrected chi connectivity index (χ0v) is 21.0. The molecule has 188 valence electrons. The highest BCUT2D eigenvalue weighted by atomic mass is 16.6. The van der Waals surface area contributed by atoms with Crippen LogP contribution in [0.15, 0.2) is 48.7 Å². The first-order valence-electron chi connectivity index (χ1n) is 11.7. The lowest BCUT2D eigenvalue weighted by Gasteiger charge is -2.22. The fourth-order valence-electron chi connectivity index (χ4n) is 4.15. The predicted molar refractivity (Wildman–Crippen MR) is 135 cm³/mol. The van der Waals surface area contributed by atoms with Gasteiger partial charge in [-0.15, -0.1) is 0 Å². The normalized spacial score (nSPS) is 14.1. The zero-order chi connectivity index (χ0) is 26.1. The fourth-order valence-corrected chi connectivity index (χ4v) is 4.15. The molecule has 36 heavy (non-hydrogen) atoms. The van der Waals surface area contributed by atoms with Crippen molar-refractivity contribution >= 4 is 29.4 Å². The lowest BCUT2D eigenvalue weighted by molar-refractivity contribution is 0.00951. The van der Waals surface area contributed by atoms with E-state index in [2.05, 4.69) is 20.6 Å². The van der Waals surface area contributed by atoms with E-state index in [0.29, 0.717) is 17.8 Å². The third kappa shape index (κ3) is 5.16. The fraction of sp³-hybridized carbons (Fsp3) is 0.333. The van der Waals surface area contributed by atoms with Gasteiger partial charge in [-0.25, -0.2) is 14.6 Å². The first-order chi connectivity index (χ1) is 17.0. The first-order valence-corrected chi connectivity index (χ1v) is 11.7. The topological polar surface area (TPSA) is 123 Å². The van der Waals surface area contributed by atoms with Crippen LogP contribution in [0.2, 0.25) is 0 Å².